The number of nitrogens with two attached hydrogens (primary N) is 1. The quantitative estimate of drug-likeness (QED) is 0.225. The predicted octanol–water partition coefficient (Wildman–Crippen LogP) is 2.62. The molecular formula is C30H45N3O8. The molecule has 0 aromatic heterocycles. The molecule has 0 heterocycles. The number of rotatable bonds is 13. The van der Waals surface area contributed by atoms with Gasteiger partial charge < -0.3 is 36.1 Å². The van der Waals surface area contributed by atoms with Crippen LogP contribution in [0.4, 0.5) is 0 Å². The van der Waals surface area contributed by atoms with Gasteiger partial charge in [0.25, 0.3) is 0 Å². The number of methoxy groups -OCH3 is 2. The zero-order chi connectivity index (χ0) is 31.4. The van der Waals surface area contributed by atoms with Crippen LogP contribution in [0.25, 0.3) is 0 Å². The van der Waals surface area contributed by atoms with Crippen molar-refractivity contribution < 1.29 is 38.9 Å². The van der Waals surface area contributed by atoms with E-state index in [0.29, 0.717) is 18.8 Å². The lowest BCUT2D eigenvalue weighted by molar-refractivity contribution is -0.141. The topological polar surface area (TPSA) is 177 Å². The van der Waals surface area contributed by atoms with Gasteiger partial charge in [0.05, 0.1) is 6.04 Å². The van der Waals surface area contributed by atoms with Gasteiger partial charge in [-0.05, 0) is 23.5 Å². The number of carbonyl (C=O) groups is 4. The van der Waals surface area contributed by atoms with E-state index in [4.69, 9.17) is 25.4 Å². The van der Waals surface area contributed by atoms with Crippen LogP contribution >= 0.6 is 0 Å². The molecule has 0 spiro atoms. The summed E-state index contributed by atoms with van der Waals surface area (Å²) in [7, 11) is 3.21. The number of ether oxygens (including phenoxy) is 2. The average Bonchev–Trinajstić information content (AvgIpc) is 2.89. The number of nitrogens with one attached hydrogen (secondary N) is 2. The highest BCUT2D eigenvalue weighted by atomic mass is 16.7. The maximum Gasteiger partial charge on any atom is 0.326 e. The van der Waals surface area contributed by atoms with Crippen LogP contribution in [0.5, 0.6) is 0 Å². The van der Waals surface area contributed by atoms with Gasteiger partial charge in [0.2, 0.25) is 11.8 Å². The molecule has 6 N–H and O–H groups in total. The number of hydrogen-bond acceptors (Lipinski definition) is 7. The lowest BCUT2D eigenvalue weighted by Crippen LogP contribution is -2.41. The van der Waals surface area contributed by atoms with Gasteiger partial charge in [-0.15, -0.1) is 0 Å². The first-order chi connectivity index (χ1) is 19.3. The summed E-state index contributed by atoms with van der Waals surface area (Å²) in [5.74, 6) is -2.13. The van der Waals surface area contributed by atoms with Gasteiger partial charge in [-0.3, -0.25) is 9.59 Å². The summed E-state index contributed by atoms with van der Waals surface area (Å²) in [6, 6.07) is 16.6. The third kappa shape index (κ3) is 18.2. The second kappa shape index (κ2) is 21.0. The number of hydrogen-bond donors (Lipinski definition) is 5. The first kappa shape index (κ1) is 37.2. The Morgan fingerprint density at radius 1 is 0.732 bits per heavy atom. The van der Waals surface area contributed by atoms with E-state index < -0.39 is 24.0 Å². The van der Waals surface area contributed by atoms with Crippen molar-refractivity contribution in [2.24, 2.45) is 11.7 Å². The van der Waals surface area contributed by atoms with Gasteiger partial charge in [-0.1, -0.05) is 74.5 Å². The highest BCUT2D eigenvalue weighted by Gasteiger charge is 2.19. The van der Waals surface area contributed by atoms with E-state index in [9.17, 15) is 19.2 Å². The predicted molar refractivity (Wildman–Crippen MR) is 156 cm³/mol. The second-order valence-electron chi connectivity index (χ2n) is 9.70. The van der Waals surface area contributed by atoms with E-state index in [0.717, 1.165) is 17.5 Å². The van der Waals surface area contributed by atoms with Crippen molar-refractivity contribution in [3.8, 4) is 0 Å². The smallest absolute Gasteiger partial charge is 0.326 e. The summed E-state index contributed by atoms with van der Waals surface area (Å²) in [6.45, 7) is 6.87. The molecule has 2 aromatic carbocycles. The summed E-state index contributed by atoms with van der Waals surface area (Å²) in [5, 5.41) is 22.5. The Labute approximate surface area is 242 Å². The Hall–Kier alpha value is -3.80. The van der Waals surface area contributed by atoms with Crippen molar-refractivity contribution in [3.05, 3.63) is 71.8 Å². The summed E-state index contributed by atoms with van der Waals surface area (Å²) in [4.78, 5) is 43.2. The molecule has 0 bridgehead atoms. The van der Waals surface area contributed by atoms with Gasteiger partial charge >= 0.3 is 11.9 Å². The molecule has 0 aliphatic heterocycles. The van der Waals surface area contributed by atoms with E-state index in [1.165, 1.54) is 13.8 Å². The van der Waals surface area contributed by atoms with Crippen LogP contribution in [0.2, 0.25) is 0 Å². The van der Waals surface area contributed by atoms with E-state index in [1.54, 1.807) is 14.2 Å². The molecule has 0 fully saturated rings. The normalized spacial score (nSPS) is 12.5. The molecule has 0 saturated heterocycles. The van der Waals surface area contributed by atoms with Gasteiger partial charge in [-0.25, -0.2) is 9.59 Å². The van der Waals surface area contributed by atoms with Gasteiger partial charge in [0.15, 0.2) is 6.29 Å². The first-order valence-corrected chi connectivity index (χ1v) is 13.2. The van der Waals surface area contributed by atoms with Crippen molar-refractivity contribution >= 4 is 23.8 Å². The van der Waals surface area contributed by atoms with Crippen LogP contribution in [-0.2, 0) is 41.5 Å². The van der Waals surface area contributed by atoms with Crippen LogP contribution in [0.1, 0.15) is 45.2 Å². The molecule has 11 nitrogen and oxygen atoms in total. The van der Waals surface area contributed by atoms with Crippen LogP contribution in [0, 0.1) is 5.92 Å². The lowest BCUT2D eigenvalue weighted by atomic mass is 10.0. The summed E-state index contributed by atoms with van der Waals surface area (Å²) in [5.41, 5.74) is 7.57. The molecular weight excluding hydrogens is 530 g/mol. The molecule has 0 saturated carbocycles. The minimum absolute atomic E-state index is 0.0231. The van der Waals surface area contributed by atoms with Crippen LogP contribution in [-0.4, -0.2) is 72.6 Å². The summed E-state index contributed by atoms with van der Waals surface area (Å²) < 4.78 is 10.0. The highest BCUT2D eigenvalue weighted by Crippen LogP contribution is 2.08. The van der Waals surface area contributed by atoms with E-state index in [2.05, 4.69) is 24.5 Å². The van der Waals surface area contributed by atoms with Crippen LogP contribution in [0.3, 0.4) is 0 Å². The fourth-order valence-electron chi connectivity index (χ4n) is 3.69. The number of benzene rings is 2. The molecule has 2 amide bonds. The number of carbonyl (C=O) groups excluding carboxylic acids is 2. The summed E-state index contributed by atoms with van der Waals surface area (Å²) >= 11 is 0. The Bertz CT molecular complexity index is 959. The van der Waals surface area contributed by atoms with Gasteiger partial charge in [0.1, 0.15) is 12.1 Å². The zero-order valence-electron chi connectivity index (χ0n) is 24.7. The minimum atomic E-state index is -1.02. The SMILES string of the molecule is CC(=O)NC(Cc1ccccc1)C(=O)O.CC(=O)N[C@@H](Cc1ccccc1)C(=O)O.COC(OC)C(N)CC(C)C. The highest BCUT2D eigenvalue weighted by molar-refractivity contribution is 5.82. The maximum absolute atomic E-state index is 10.8. The molecule has 11 heteroatoms. The van der Waals surface area contributed by atoms with Crippen LogP contribution < -0.4 is 16.4 Å². The van der Waals surface area contributed by atoms with Crippen molar-refractivity contribution in [1.82, 2.24) is 10.6 Å². The van der Waals surface area contributed by atoms with Gasteiger partial charge in [0, 0.05) is 40.9 Å². The third-order valence-electron chi connectivity index (χ3n) is 5.47. The number of carboxylic acid groups (broad SMARTS) is 2. The van der Waals surface area contributed by atoms with Crippen molar-refractivity contribution in [1.29, 1.82) is 0 Å². The van der Waals surface area contributed by atoms with E-state index in [-0.39, 0.29) is 24.1 Å². The average molecular weight is 576 g/mol. The van der Waals surface area contributed by atoms with Crippen molar-refractivity contribution in [3.63, 3.8) is 0 Å². The lowest BCUT2D eigenvalue weighted by Gasteiger charge is -2.22. The number of aliphatic carboxylic acids is 2. The third-order valence-corrected chi connectivity index (χ3v) is 5.47. The minimum Gasteiger partial charge on any atom is -0.480 e. The van der Waals surface area contributed by atoms with E-state index >= 15 is 0 Å². The number of amides is 2. The Morgan fingerprint density at radius 3 is 1.32 bits per heavy atom. The monoisotopic (exact) mass is 575 g/mol. The molecule has 41 heavy (non-hydrogen) atoms. The molecule has 0 aliphatic rings. The largest absolute Gasteiger partial charge is 0.480 e. The maximum atomic E-state index is 10.8. The Kier molecular flexibility index (Phi) is 19.1. The zero-order valence-corrected chi connectivity index (χ0v) is 24.7. The van der Waals surface area contributed by atoms with Crippen LogP contribution in [0.15, 0.2) is 60.7 Å². The van der Waals surface area contributed by atoms with Crippen molar-refractivity contribution in [2.75, 3.05) is 14.2 Å². The molecule has 228 valence electrons. The molecule has 0 radical (unpaired) electrons. The molecule has 2 unspecified atom stereocenters. The van der Waals surface area contributed by atoms with E-state index in [1.807, 2.05) is 60.7 Å². The standard InChI is InChI=1S/2C11H13NO3.C8H19NO2/c2*1-8(13)12-10(11(14)15)7-9-5-3-2-4-6-9;1-6(2)5-7(9)8(10-3)11-4/h2*2-6,10H,7H2,1H3,(H,12,13)(H,14,15);6-8H,5,9H2,1-4H3/t10-;;/m0../s1. The number of carboxylic acids is 2. The van der Waals surface area contributed by atoms with Crippen molar-refractivity contribution in [2.45, 2.75) is 71.4 Å². The molecule has 2 rings (SSSR count). The van der Waals surface area contributed by atoms with Gasteiger partial charge in [-0.2, -0.15) is 0 Å². The molecule has 0 aliphatic carbocycles. The first-order valence-electron chi connectivity index (χ1n) is 13.2. The Morgan fingerprint density at radius 2 is 1.07 bits per heavy atom. The fourth-order valence-corrected chi connectivity index (χ4v) is 3.69. The second-order valence-corrected chi connectivity index (χ2v) is 9.70. The molecule has 2 aromatic rings. The Balaban J connectivity index is 0.000000595. The molecule has 3 atom stereocenters. The summed E-state index contributed by atoms with van der Waals surface area (Å²) in [6.07, 6.45) is 1.26. The fraction of sp³-hybridized carbons (Fsp3) is 0.467.